The second-order valence-electron chi connectivity index (χ2n) is 6.17. The van der Waals surface area contributed by atoms with Crippen molar-refractivity contribution in [1.82, 2.24) is 0 Å². The van der Waals surface area contributed by atoms with E-state index in [4.69, 9.17) is 4.74 Å². The van der Waals surface area contributed by atoms with Gasteiger partial charge in [-0.05, 0) is 23.3 Å². The number of nitrogens with zero attached hydrogens (tertiary/aromatic N) is 1. The van der Waals surface area contributed by atoms with Crippen LogP contribution in [0.2, 0.25) is 0 Å². The van der Waals surface area contributed by atoms with Gasteiger partial charge in [-0.25, -0.2) is 0 Å². The van der Waals surface area contributed by atoms with Gasteiger partial charge in [-0.1, -0.05) is 18.2 Å². The minimum atomic E-state index is -0.467. The second-order valence-corrected chi connectivity index (χ2v) is 6.17. The Morgan fingerprint density at radius 3 is 2.52 bits per heavy atom. The highest BCUT2D eigenvalue weighted by Gasteiger charge is 2.25. The second kappa shape index (κ2) is 6.14. The monoisotopic (exact) mass is 363 g/mol. The zero-order valence-corrected chi connectivity index (χ0v) is 13.9. The summed E-state index contributed by atoms with van der Waals surface area (Å²) in [6.45, 7) is 0. The minimum Gasteiger partial charge on any atom is -0.508 e. The summed E-state index contributed by atoms with van der Waals surface area (Å²) in [5.41, 5.74) is 1.91. The van der Waals surface area contributed by atoms with Gasteiger partial charge in [0, 0.05) is 36.2 Å². The highest BCUT2D eigenvalue weighted by atomic mass is 16.6. The molecule has 134 valence electrons. The predicted octanol–water partition coefficient (Wildman–Crippen LogP) is 4.20. The lowest BCUT2D eigenvalue weighted by molar-refractivity contribution is -0.384. The van der Waals surface area contributed by atoms with Crippen molar-refractivity contribution >= 4 is 11.5 Å². The zero-order valence-electron chi connectivity index (χ0n) is 13.9. The highest BCUT2D eigenvalue weighted by Crippen LogP contribution is 2.41. The third-order valence-electron chi connectivity index (χ3n) is 4.37. The smallest absolute Gasteiger partial charge is 0.270 e. The number of phenolic OH excluding ortho intramolecular Hbond substituents is 2. The number of phenols is 2. The third kappa shape index (κ3) is 2.95. The summed E-state index contributed by atoms with van der Waals surface area (Å²) in [7, 11) is 0. The van der Waals surface area contributed by atoms with Gasteiger partial charge < -0.3 is 14.9 Å². The summed E-state index contributed by atoms with van der Waals surface area (Å²) in [6.07, 6.45) is -0.0105. The van der Waals surface area contributed by atoms with Crippen LogP contribution in [-0.4, -0.2) is 20.9 Å². The lowest BCUT2D eigenvalue weighted by atomic mass is 9.98. The molecule has 1 aliphatic heterocycles. The Balaban J connectivity index is 1.78. The van der Waals surface area contributed by atoms with Gasteiger partial charge in [0.25, 0.3) is 5.69 Å². The number of ketones is 1. The van der Waals surface area contributed by atoms with Gasteiger partial charge in [-0.3, -0.25) is 14.9 Å². The number of nitro benzene ring substituents is 1. The van der Waals surface area contributed by atoms with Crippen LogP contribution < -0.4 is 4.74 Å². The molecule has 0 unspecified atom stereocenters. The Labute approximate surface area is 153 Å². The van der Waals surface area contributed by atoms with Crippen LogP contribution in [-0.2, 0) is 6.42 Å². The van der Waals surface area contributed by atoms with Gasteiger partial charge in [0.05, 0.1) is 4.92 Å². The molecule has 4 rings (SSSR count). The molecule has 0 saturated carbocycles. The first kappa shape index (κ1) is 16.6. The van der Waals surface area contributed by atoms with Gasteiger partial charge in [0.2, 0.25) is 0 Å². The zero-order chi connectivity index (χ0) is 19.1. The average molecular weight is 363 g/mol. The molecule has 7 nitrogen and oxygen atoms in total. The van der Waals surface area contributed by atoms with E-state index in [0.717, 1.165) is 6.07 Å². The van der Waals surface area contributed by atoms with E-state index < -0.39 is 4.92 Å². The first-order valence-corrected chi connectivity index (χ1v) is 8.07. The number of fused-ring (bicyclic) bond motifs is 2. The number of carbonyl (C=O) groups is 1. The number of aromatic hydroxyl groups is 2. The quantitative estimate of drug-likeness (QED) is 0.521. The highest BCUT2D eigenvalue weighted by molar-refractivity contribution is 6.03. The summed E-state index contributed by atoms with van der Waals surface area (Å²) in [5.74, 6) is -0.407. The molecule has 2 N–H and O–H groups in total. The number of rotatable bonds is 2. The largest absolute Gasteiger partial charge is 0.508 e. The Bertz CT molecular complexity index is 1110. The van der Waals surface area contributed by atoms with E-state index in [0.29, 0.717) is 22.4 Å². The summed E-state index contributed by atoms with van der Waals surface area (Å²) in [5, 5.41) is 30.6. The maximum absolute atomic E-state index is 12.6. The fourth-order valence-corrected chi connectivity index (χ4v) is 3.12. The van der Waals surface area contributed by atoms with Crippen LogP contribution in [0.15, 0.2) is 54.6 Å². The Morgan fingerprint density at radius 1 is 0.963 bits per heavy atom. The van der Waals surface area contributed by atoms with E-state index in [-0.39, 0.29) is 40.7 Å². The minimum absolute atomic E-state index is 0.0105. The van der Waals surface area contributed by atoms with Crippen molar-refractivity contribution < 1.29 is 24.7 Å². The molecule has 0 atom stereocenters. The molecule has 1 aliphatic rings. The van der Waals surface area contributed by atoms with Crippen molar-refractivity contribution in [2.75, 3.05) is 0 Å². The topological polar surface area (TPSA) is 110 Å². The van der Waals surface area contributed by atoms with E-state index in [1.165, 1.54) is 18.2 Å². The van der Waals surface area contributed by atoms with Crippen LogP contribution in [0.5, 0.6) is 23.0 Å². The van der Waals surface area contributed by atoms with Crippen LogP contribution >= 0.6 is 0 Å². The number of benzene rings is 3. The number of carbonyl (C=O) groups excluding carboxylic acids is 1. The number of hydrogen-bond donors (Lipinski definition) is 2. The number of ether oxygens (including phenoxy) is 1. The number of hydrogen-bond acceptors (Lipinski definition) is 6. The molecule has 0 fully saturated rings. The van der Waals surface area contributed by atoms with Crippen LogP contribution in [0.1, 0.15) is 15.9 Å². The fraction of sp³-hybridized carbons (Fsp3) is 0.0500. The normalized spacial score (nSPS) is 12.5. The molecular weight excluding hydrogens is 350 g/mol. The number of Topliss-reactive ketones (excluding diaryl/α,β-unsaturated/α-hetero) is 1. The van der Waals surface area contributed by atoms with Crippen LogP contribution in [0.3, 0.4) is 0 Å². The molecule has 0 radical (unpaired) electrons. The molecule has 27 heavy (non-hydrogen) atoms. The van der Waals surface area contributed by atoms with E-state index >= 15 is 0 Å². The first-order valence-electron chi connectivity index (χ1n) is 8.07. The fourth-order valence-electron chi connectivity index (χ4n) is 3.12. The molecule has 0 amide bonds. The summed E-state index contributed by atoms with van der Waals surface area (Å²) in [4.78, 5) is 23.1. The van der Waals surface area contributed by atoms with Gasteiger partial charge in [-0.2, -0.15) is 0 Å². The standard InChI is InChI=1S/C20H13NO6/c22-15-9-17(24)20-16(23)8-13-6-12(4-5-18(13)27-19(20)10-15)11-2-1-3-14(7-11)21(25)26/h1-7,9-10,22,24H,8H2. The molecule has 3 aromatic rings. The third-order valence-corrected chi connectivity index (χ3v) is 4.37. The molecular formula is C20H13NO6. The van der Waals surface area contributed by atoms with Crippen LogP contribution in [0.25, 0.3) is 11.1 Å². The molecule has 0 saturated heterocycles. The lowest BCUT2D eigenvalue weighted by Gasteiger charge is -2.11. The lowest BCUT2D eigenvalue weighted by Crippen LogP contribution is -2.02. The first-order chi connectivity index (χ1) is 12.9. The van der Waals surface area contributed by atoms with Crippen LogP contribution in [0, 0.1) is 10.1 Å². The van der Waals surface area contributed by atoms with Crippen molar-refractivity contribution in [3.8, 4) is 34.1 Å². The Hall–Kier alpha value is -3.87. The van der Waals surface area contributed by atoms with Crippen molar-refractivity contribution in [1.29, 1.82) is 0 Å². The van der Waals surface area contributed by atoms with Crippen LogP contribution in [0.4, 0.5) is 5.69 Å². The van der Waals surface area contributed by atoms with Gasteiger partial charge >= 0.3 is 0 Å². The van der Waals surface area contributed by atoms with E-state index in [2.05, 4.69) is 0 Å². The molecule has 0 aliphatic carbocycles. The van der Waals surface area contributed by atoms with E-state index in [9.17, 15) is 25.1 Å². The predicted molar refractivity (Wildman–Crippen MR) is 96.4 cm³/mol. The molecule has 0 bridgehead atoms. The van der Waals surface area contributed by atoms with Crippen molar-refractivity contribution in [3.63, 3.8) is 0 Å². The van der Waals surface area contributed by atoms with Gasteiger partial charge in [-0.15, -0.1) is 0 Å². The summed E-state index contributed by atoms with van der Waals surface area (Å²) in [6, 6.07) is 13.7. The number of non-ortho nitro benzene ring substituents is 1. The van der Waals surface area contributed by atoms with E-state index in [1.54, 1.807) is 30.3 Å². The summed E-state index contributed by atoms with van der Waals surface area (Å²) >= 11 is 0. The van der Waals surface area contributed by atoms with Crippen molar-refractivity contribution in [2.24, 2.45) is 0 Å². The molecule has 1 heterocycles. The van der Waals surface area contributed by atoms with Crippen molar-refractivity contribution in [2.45, 2.75) is 6.42 Å². The summed E-state index contributed by atoms with van der Waals surface area (Å²) < 4.78 is 5.74. The maximum Gasteiger partial charge on any atom is 0.270 e. The Kier molecular flexibility index (Phi) is 3.77. The molecule has 7 heteroatoms. The Morgan fingerprint density at radius 2 is 1.74 bits per heavy atom. The van der Waals surface area contributed by atoms with Crippen molar-refractivity contribution in [3.05, 3.63) is 75.8 Å². The molecule has 0 aromatic heterocycles. The van der Waals surface area contributed by atoms with E-state index in [1.807, 2.05) is 0 Å². The molecule has 0 spiro atoms. The maximum atomic E-state index is 12.6. The average Bonchev–Trinajstić information content (AvgIpc) is 2.76. The molecule has 3 aromatic carbocycles. The van der Waals surface area contributed by atoms with Gasteiger partial charge in [0.1, 0.15) is 28.6 Å². The van der Waals surface area contributed by atoms with Gasteiger partial charge in [0.15, 0.2) is 5.78 Å². The SMILES string of the molecule is O=C1Cc2cc(-c3cccc([N+](=O)[O-])c3)ccc2Oc2cc(O)cc(O)c21. The number of nitro groups is 1.